The lowest BCUT2D eigenvalue weighted by Gasteiger charge is -2.25. The second kappa shape index (κ2) is 2.07. The Balaban J connectivity index is 2.51. The first kappa shape index (κ1) is 6.38. The van der Waals surface area contributed by atoms with Crippen LogP contribution < -0.4 is 0 Å². The van der Waals surface area contributed by atoms with Gasteiger partial charge in [-0.15, -0.1) is 0 Å². The molecule has 10 heavy (non-hydrogen) atoms. The van der Waals surface area contributed by atoms with E-state index in [1.54, 1.807) is 0 Å². The molecule has 1 N–H and O–H groups in total. The number of rotatable bonds is 0. The predicted molar refractivity (Wildman–Crippen MR) is 42.8 cm³/mol. The Bertz CT molecular complexity index is 270. The number of halogens is 1. The summed E-state index contributed by atoms with van der Waals surface area (Å²) in [6.45, 7) is 0. The highest BCUT2D eigenvalue weighted by Crippen LogP contribution is 2.34. The number of benzene rings is 1. The fraction of sp³-hybridized carbons (Fsp3) is 0.250. The van der Waals surface area contributed by atoms with Crippen molar-refractivity contribution < 1.29 is 5.11 Å². The number of fused-ring (bicyclic) bond motifs is 1. The summed E-state index contributed by atoms with van der Waals surface area (Å²) in [4.78, 5) is 0. The van der Waals surface area contributed by atoms with Crippen LogP contribution in [0.3, 0.4) is 0 Å². The quantitative estimate of drug-likeness (QED) is 0.677. The molecule has 1 aromatic rings. The largest absolute Gasteiger partial charge is 0.388 e. The molecule has 2 heteroatoms. The lowest BCUT2D eigenvalue weighted by atomic mass is 9.86. The van der Waals surface area contributed by atoms with E-state index in [1.165, 1.54) is 5.56 Å². The van der Waals surface area contributed by atoms with Crippen molar-refractivity contribution >= 4 is 15.9 Å². The minimum absolute atomic E-state index is 0.215. The maximum Gasteiger partial charge on any atom is 0.0833 e. The third-order valence-corrected chi connectivity index (χ3v) is 2.37. The van der Waals surface area contributed by atoms with Crippen LogP contribution in [-0.4, -0.2) is 5.11 Å². The lowest BCUT2D eigenvalue weighted by Crippen LogP contribution is -2.15. The highest BCUT2D eigenvalue weighted by atomic mass is 79.9. The van der Waals surface area contributed by atoms with Crippen LogP contribution in [0.15, 0.2) is 22.7 Å². The molecule has 1 atom stereocenters. The molecule has 2 rings (SSSR count). The van der Waals surface area contributed by atoms with E-state index in [1.807, 2.05) is 18.2 Å². The van der Waals surface area contributed by atoms with Gasteiger partial charge in [-0.05, 0) is 23.3 Å². The Hall–Kier alpha value is -0.340. The van der Waals surface area contributed by atoms with Gasteiger partial charge in [0, 0.05) is 10.9 Å². The Kier molecular flexibility index (Phi) is 1.32. The van der Waals surface area contributed by atoms with E-state index in [-0.39, 0.29) is 6.10 Å². The zero-order chi connectivity index (χ0) is 7.14. The fourth-order valence-corrected chi connectivity index (χ4v) is 1.63. The van der Waals surface area contributed by atoms with Crippen molar-refractivity contribution in [1.82, 2.24) is 0 Å². The second-order valence-corrected chi connectivity index (χ2v) is 3.48. The molecule has 0 amide bonds. The van der Waals surface area contributed by atoms with Crippen molar-refractivity contribution in [2.24, 2.45) is 0 Å². The Morgan fingerprint density at radius 2 is 2.30 bits per heavy atom. The molecule has 0 fully saturated rings. The van der Waals surface area contributed by atoms with E-state index >= 15 is 0 Å². The van der Waals surface area contributed by atoms with E-state index in [0.717, 1.165) is 16.5 Å². The molecule has 0 heterocycles. The van der Waals surface area contributed by atoms with Gasteiger partial charge in [0.25, 0.3) is 0 Å². The van der Waals surface area contributed by atoms with Gasteiger partial charge in [-0.25, -0.2) is 0 Å². The highest BCUT2D eigenvalue weighted by Gasteiger charge is 2.22. The number of aliphatic hydroxyl groups excluding tert-OH is 1. The van der Waals surface area contributed by atoms with Crippen LogP contribution in [-0.2, 0) is 6.42 Å². The van der Waals surface area contributed by atoms with Crippen molar-refractivity contribution in [2.75, 3.05) is 0 Å². The average molecular weight is 199 g/mol. The zero-order valence-corrected chi connectivity index (χ0v) is 6.93. The van der Waals surface area contributed by atoms with Crippen molar-refractivity contribution in [3.05, 3.63) is 33.8 Å². The van der Waals surface area contributed by atoms with Crippen LogP contribution in [0.1, 0.15) is 17.2 Å². The van der Waals surface area contributed by atoms with Crippen LogP contribution in [0.2, 0.25) is 0 Å². The summed E-state index contributed by atoms with van der Waals surface area (Å²) in [6, 6.07) is 6.03. The molecular formula is C8H7BrO. The standard InChI is InChI=1S/C8H7BrO/c9-6-2-1-5-3-8(10)7(5)4-6/h1-2,4,8,10H,3H2. The summed E-state index contributed by atoms with van der Waals surface area (Å²) >= 11 is 3.35. The van der Waals surface area contributed by atoms with Crippen LogP contribution in [0.4, 0.5) is 0 Å². The summed E-state index contributed by atoms with van der Waals surface area (Å²) in [7, 11) is 0. The van der Waals surface area contributed by atoms with Gasteiger partial charge < -0.3 is 5.11 Å². The summed E-state index contributed by atoms with van der Waals surface area (Å²) in [5, 5.41) is 9.20. The molecule has 0 aromatic heterocycles. The molecule has 0 radical (unpaired) electrons. The molecule has 1 nitrogen and oxygen atoms in total. The second-order valence-electron chi connectivity index (χ2n) is 2.56. The minimum Gasteiger partial charge on any atom is -0.388 e. The van der Waals surface area contributed by atoms with Crippen molar-refractivity contribution in [1.29, 1.82) is 0 Å². The topological polar surface area (TPSA) is 20.2 Å². The molecule has 0 bridgehead atoms. The SMILES string of the molecule is OC1Cc2ccc(Br)cc21. The molecule has 0 saturated heterocycles. The molecule has 1 aromatic carbocycles. The predicted octanol–water partition coefficient (Wildman–Crippen LogP) is 2.04. The van der Waals surface area contributed by atoms with Crippen molar-refractivity contribution in [2.45, 2.75) is 12.5 Å². The molecule has 52 valence electrons. The lowest BCUT2D eigenvalue weighted by molar-refractivity contribution is 0.153. The molecule has 1 aliphatic carbocycles. The van der Waals surface area contributed by atoms with Crippen molar-refractivity contribution in [3.8, 4) is 0 Å². The Morgan fingerprint density at radius 1 is 1.50 bits per heavy atom. The van der Waals surface area contributed by atoms with E-state index in [2.05, 4.69) is 15.9 Å². The Labute approximate surface area is 67.8 Å². The van der Waals surface area contributed by atoms with E-state index in [0.29, 0.717) is 0 Å². The molecule has 1 unspecified atom stereocenters. The first-order chi connectivity index (χ1) is 4.77. The van der Waals surface area contributed by atoms with Crippen LogP contribution in [0.25, 0.3) is 0 Å². The van der Waals surface area contributed by atoms with Gasteiger partial charge in [0.2, 0.25) is 0 Å². The van der Waals surface area contributed by atoms with Gasteiger partial charge >= 0.3 is 0 Å². The van der Waals surface area contributed by atoms with Gasteiger partial charge in [0.15, 0.2) is 0 Å². The fourth-order valence-electron chi connectivity index (χ4n) is 1.25. The first-order valence-electron chi connectivity index (χ1n) is 3.24. The summed E-state index contributed by atoms with van der Waals surface area (Å²) in [6.07, 6.45) is 0.607. The smallest absolute Gasteiger partial charge is 0.0833 e. The normalized spacial score (nSPS) is 21.6. The maximum absolute atomic E-state index is 9.20. The maximum atomic E-state index is 9.20. The zero-order valence-electron chi connectivity index (χ0n) is 5.34. The number of hydrogen-bond donors (Lipinski definition) is 1. The van der Waals surface area contributed by atoms with Gasteiger partial charge in [0.1, 0.15) is 0 Å². The number of aliphatic hydroxyl groups is 1. The van der Waals surface area contributed by atoms with Gasteiger partial charge in [0.05, 0.1) is 6.10 Å². The summed E-state index contributed by atoms with van der Waals surface area (Å²) in [5.41, 5.74) is 2.35. The van der Waals surface area contributed by atoms with E-state index < -0.39 is 0 Å². The van der Waals surface area contributed by atoms with Gasteiger partial charge in [-0.1, -0.05) is 22.0 Å². The highest BCUT2D eigenvalue weighted by molar-refractivity contribution is 9.10. The Morgan fingerprint density at radius 3 is 2.90 bits per heavy atom. The molecular weight excluding hydrogens is 192 g/mol. The molecule has 0 saturated carbocycles. The summed E-state index contributed by atoms with van der Waals surface area (Å²) in [5.74, 6) is 0. The van der Waals surface area contributed by atoms with Gasteiger partial charge in [-0.3, -0.25) is 0 Å². The van der Waals surface area contributed by atoms with Crippen LogP contribution in [0, 0.1) is 0 Å². The third kappa shape index (κ3) is 0.796. The van der Waals surface area contributed by atoms with Crippen LogP contribution >= 0.6 is 15.9 Å². The molecule has 0 spiro atoms. The minimum atomic E-state index is -0.215. The van der Waals surface area contributed by atoms with Gasteiger partial charge in [-0.2, -0.15) is 0 Å². The molecule has 0 aliphatic heterocycles. The monoisotopic (exact) mass is 198 g/mol. The van der Waals surface area contributed by atoms with Crippen molar-refractivity contribution in [3.63, 3.8) is 0 Å². The molecule has 1 aliphatic rings. The van der Waals surface area contributed by atoms with Crippen LogP contribution in [0.5, 0.6) is 0 Å². The van der Waals surface area contributed by atoms with E-state index in [9.17, 15) is 5.11 Å². The first-order valence-corrected chi connectivity index (χ1v) is 4.03. The third-order valence-electron chi connectivity index (χ3n) is 1.88. The average Bonchev–Trinajstić information content (AvgIpc) is 1.92. The van der Waals surface area contributed by atoms with E-state index in [4.69, 9.17) is 0 Å². The summed E-state index contributed by atoms with van der Waals surface area (Å²) < 4.78 is 1.05. The number of hydrogen-bond acceptors (Lipinski definition) is 1.